The predicted molar refractivity (Wildman–Crippen MR) is 92.2 cm³/mol. The highest BCUT2D eigenvalue weighted by Gasteiger charge is 2.13. The summed E-state index contributed by atoms with van der Waals surface area (Å²) in [7, 11) is 0. The molecule has 0 unspecified atom stereocenters. The minimum atomic E-state index is -0.498. The van der Waals surface area contributed by atoms with Gasteiger partial charge in [0.2, 0.25) is 0 Å². The fraction of sp³-hybridized carbons (Fsp3) is 0.0526. The molecule has 0 bridgehead atoms. The molecule has 0 heterocycles. The lowest BCUT2D eigenvalue weighted by Gasteiger charge is -2.05. The molecule has 2 aromatic rings. The van der Waals surface area contributed by atoms with Crippen molar-refractivity contribution in [3.05, 3.63) is 76.8 Å². The number of hydrogen-bond acceptors (Lipinski definition) is 2. The highest BCUT2D eigenvalue weighted by molar-refractivity contribution is 6.30. The first-order chi connectivity index (χ1) is 11.1. The lowest BCUT2D eigenvalue weighted by molar-refractivity contribution is -0.118. The van der Waals surface area contributed by atoms with Gasteiger partial charge < -0.3 is 5.32 Å². The van der Waals surface area contributed by atoms with Crippen LogP contribution in [-0.4, -0.2) is 11.7 Å². The first-order valence-electron chi connectivity index (χ1n) is 6.91. The Labute approximate surface area is 140 Å². The Kier molecular flexibility index (Phi) is 5.74. The summed E-state index contributed by atoms with van der Waals surface area (Å²) in [6.45, 7) is 1.33. The molecule has 0 radical (unpaired) electrons. The summed E-state index contributed by atoms with van der Waals surface area (Å²) in [6, 6.07) is 16.0. The van der Waals surface area contributed by atoms with Gasteiger partial charge in [-0.1, -0.05) is 41.6 Å². The highest BCUT2D eigenvalue weighted by atomic mass is 35.5. The zero-order valence-electron chi connectivity index (χ0n) is 12.5. The van der Waals surface area contributed by atoms with Crippen molar-refractivity contribution >= 4 is 29.0 Å². The van der Waals surface area contributed by atoms with E-state index in [1.54, 1.807) is 24.3 Å². The average Bonchev–Trinajstić information content (AvgIpc) is 2.54. The van der Waals surface area contributed by atoms with Crippen LogP contribution in [0, 0.1) is 11.8 Å². The minimum absolute atomic E-state index is 0.00313. The van der Waals surface area contributed by atoms with E-state index in [2.05, 4.69) is 17.2 Å². The number of rotatable bonds is 3. The van der Waals surface area contributed by atoms with Crippen LogP contribution >= 0.6 is 11.6 Å². The molecule has 0 fully saturated rings. The van der Waals surface area contributed by atoms with Crippen molar-refractivity contribution in [2.45, 2.75) is 6.92 Å². The lowest BCUT2D eigenvalue weighted by atomic mass is 10.1. The van der Waals surface area contributed by atoms with Crippen molar-refractivity contribution in [2.24, 2.45) is 0 Å². The van der Waals surface area contributed by atoms with E-state index < -0.39 is 5.91 Å². The van der Waals surface area contributed by atoms with E-state index in [4.69, 9.17) is 11.6 Å². The monoisotopic (exact) mass is 323 g/mol. The first-order valence-corrected chi connectivity index (χ1v) is 7.28. The molecule has 2 aromatic carbocycles. The summed E-state index contributed by atoms with van der Waals surface area (Å²) in [5.74, 6) is 4.78. The smallest absolute Gasteiger partial charge is 0.259 e. The standard InChI is InChI=1S/C19H14ClNO2/c1-14(22)18(9-5-8-15-6-3-2-4-7-15)19(23)21-17-12-10-16(20)11-13-17/h2-4,6-7,9-13H,1H3,(H,21,23)/b18-9+. The average molecular weight is 324 g/mol. The third-order valence-electron chi connectivity index (χ3n) is 2.93. The van der Waals surface area contributed by atoms with Gasteiger partial charge in [-0.05, 0) is 43.3 Å². The van der Waals surface area contributed by atoms with Crippen LogP contribution in [0.4, 0.5) is 5.69 Å². The minimum Gasteiger partial charge on any atom is -0.322 e. The van der Waals surface area contributed by atoms with E-state index in [0.29, 0.717) is 10.7 Å². The van der Waals surface area contributed by atoms with Gasteiger partial charge in [-0.25, -0.2) is 0 Å². The van der Waals surface area contributed by atoms with Crippen LogP contribution in [0.5, 0.6) is 0 Å². The van der Waals surface area contributed by atoms with Gasteiger partial charge >= 0.3 is 0 Å². The Hall–Kier alpha value is -2.83. The van der Waals surface area contributed by atoms with E-state index in [0.717, 1.165) is 5.56 Å². The van der Waals surface area contributed by atoms with Crippen LogP contribution in [0.2, 0.25) is 5.02 Å². The fourth-order valence-corrected chi connectivity index (χ4v) is 1.90. The van der Waals surface area contributed by atoms with E-state index >= 15 is 0 Å². The zero-order chi connectivity index (χ0) is 16.7. The number of Topliss-reactive ketones (excluding diaryl/α,β-unsaturated/α-hetero) is 1. The Morgan fingerprint density at radius 1 is 1.04 bits per heavy atom. The van der Waals surface area contributed by atoms with E-state index in [1.165, 1.54) is 13.0 Å². The van der Waals surface area contributed by atoms with Gasteiger partial charge in [0.1, 0.15) is 0 Å². The second-order valence-electron chi connectivity index (χ2n) is 4.71. The molecule has 0 atom stereocenters. The predicted octanol–water partition coefficient (Wildman–Crippen LogP) is 3.85. The summed E-state index contributed by atoms with van der Waals surface area (Å²) in [5, 5.41) is 3.21. The Balaban J connectivity index is 2.16. The summed E-state index contributed by atoms with van der Waals surface area (Å²) < 4.78 is 0. The molecular formula is C19H14ClNO2. The van der Waals surface area contributed by atoms with Crippen molar-refractivity contribution < 1.29 is 9.59 Å². The van der Waals surface area contributed by atoms with E-state index in [-0.39, 0.29) is 11.4 Å². The molecule has 0 aliphatic heterocycles. The van der Waals surface area contributed by atoms with Crippen molar-refractivity contribution in [3.63, 3.8) is 0 Å². The van der Waals surface area contributed by atoms with Gasteiger partial charge in [0.15, 0.2) is 5.78 Å². The number of amides is 1. The number of carbonyl (C=O) groups excluding carboxylic acids is 2. The van der Waals surface area contributed by atoms with Gasteiger partial charge in [-0.15, -0.1) is 0 Å². The second kappa shape index (κ2) is 7.98. The number of halogens is 1. The van der Waals surface area contributed by atoms with Crippen LogP contribution in [-0.2, 0) is 9.59 Å². The number of allylic oxidation sites excluding steroid dienone is 1. The van der Waals surface area contributed by atoms with E-state index in [9.17, 15) is 9.59 Å². The maximum absolute atomic E-state index is 12.2. The van der Waals surface area contributed by atoms with Crippen molar-refractivity contribution in [3.8, 4) is 11.8 Å². The van der Waals surface area contributed by atoms with Gasteiger partial charge in [0.25, 0.3) is 5.91 Å². The molecule has 0 aliphatic rings. The maximum atomic E-state index is 12.2. The lowest BCUT2D eigenvalue weighted by Crippen LogP contribution is -2.18. The molecule has 0 saturated carbocycles. The number of anilines is 1. The zero-order valence-corrected chi connectivity index (χ0v) is 13.2. The van der Waals surface area contributed by atoms with E-state index in [1.807, 2.05) is 30.3 Å². The van der Waals surface area contributed by atoms with Crippen LogP contribution in [0.3, 0.4) is 0 Å². The summed E-state index contributed by atoms with van der Waals surface area (Å²) in [5.41, 5.74) is 1.37. The van der Waals surface area contributed by atoms with Crippen LogP contribution < -0.4 is 5.32 Å². The molecule has 0 spiro atoms. The van der Waals surface area contributed by atoms with Crippen molar-refractivity contribution in [1.82, 2.24) is 0 Å². The summed E-state index contributed by atoms with van der Waals surface area (Å²) in [4.78, 5) is 23.8. The molecule has 23 heavy (non-hydrogen) atoms. The van der Waals surface area contributed by atoms with Crippen LogP contribution in [0.15, 0.2) is 66.2 Å². The van der Waals surface area contributed by atoms with Gasteiger partial charge in [-0.3, -0.25) is 9.59 Å². The first kappa shape index (κ1) is 16.5. The Morgan fingerprint density at radius 2 is 1.70 bits per heavy atom. The molecule has 0 saturated heterocycles. The van der Waals surface area contributed by atoms with Crippen molar-refractivity contribution in [1.29, 1.82) is 0 Å². The SMILES string of the molecule is CC(=O)/C(=C\C#Cc1ccccc1)C(=O)Nc1ccc(Cl)cc1. The third kappa shape index (κ3) is 5.14. The maximum Gasteiger partial charge on any atom is 0.259 e. The molecule has 0 aromatic heterocycles. The number of carbonyl (C=O) groups is 2. The van der Waals surface area contributed by atoms with Crippen LogP contribution in [0.25, 0.3) is 0 Å². The van der Waals surface area contributed by atoms with Gasteiger partial charge in [0, 0.05) is 22.3 Å². The Bertz CT molecular complexity index is 797. The van der Waals surface area contributed by atoms with Gasteiger partial charge in [-0.2, -0.15) is 0 Å². The molecule has 1 N–H and O–H groups in total. The summed E-state index contributed by atoms with van der Waals surface area (Å²) in [6.07, 6.45) is 1.33. The van der Waals surface area contributed by atoms with Crippen LogP contribution in [0.1, 0.15) is 12.5 Å². The number of benzene rings is 2. The molecular weight excluding hydrogens is 310 g/mol. The molecule has 0 aliphatic carbocycles. The van der Waals surface area contributed by atoms with Crippen molar-refractivity contribution in [2.75, 3.05) is 5.32 Å². The molecule has 1 amide bonds. The fourth-order valence-electron chi connectivity index (χ4n) is 1.77. The van der Waals surface area contributed by atoms with Gasteiger partial charge in [0.05, 0.1) is 5.57 Å². The number of ketones is 1. The molecule has 3 nitrogen and oxygen atoms in total. The second-order valence-corrected chi connectivity index (χ2v) is 5.15. The normalized spacial score (nSPS) is 10.4. The largest absolute Gasteiger partial charge is 0.322 e. The highest BCUT2D eigenvalue weighted by Crippen LogP contribution is 2.14. The number of hydrogen-bond donors (Lipinski definition) is 1. The molecule has 114 valence electrons. The Morgan fingerprint density at radius 3 is 2.30 bits per heavy atom. The topological polar surface area (TPSA) is 46.2 Å². The molecule has 2 rings (SSSR count). The number of nitrogens with one attached hydrogen (secondary N) is 1. The molecule has 4 heteroatoms. The third-order valence-corrected chi connectivity index (χ3v) is 3.18. The summed E-state index contributed by atoms with van der Waals surface area (Å²) >= 11 is 5.79. The quantitative estimate of drug-likeness (QED) is 0.403.